The van der Waals surface area contributed by atoms with Crippen LogP contribution in [0.2, 0.25) is 0 Å². The number of carboxylic acid groups (broad SMARTS) is 1. The largest absolute Gasteiger partial charge is 0.481 e. The standard InChI is InChI=1S/C16H16N4O3/c17-16(18)20-13-3-1-2-11(9-13)15(23)19-12-6-4-10(5-7-12)8-14(21)22/h1-7,9H,8H2,(H,19,23)(H,21,22)(H4,17,18,20). The van der Waals surface area contributed by atoms with Crippen LogP contribution in [0.1, 0.15) is 15.9 Å². The molecule has 0 aliphatic rings. The van der Waals surface area contributed by atoms with Crippen molar-refractivity contribution >= 4 is 29.2 Å². The highest BCUT2D eigenvalue weighted by atomic mass is 16.4. The Hall–Kier alpha value is -3.35. The summed E-state index contributed by atoms with van der Waals surface area (Å²) in [6.45, 7) is 0. The lowest BCUT2D eigenvalue weighted by Crippen LogP contribution is -2.20. The number of guanidine groups is 1. The lowest BCUT2D eigenvalue weighted by Gasteiger charge is -2.08. The number of carboxylic acids is 1. The Kier molecular flexibility index (Phi) is 4.93. The first-order chi connectivity index (χ1) is 10.9. The molecule has 2 aromatic carbocycles. The zero-order valence-corrected chi connectivity index (χ0v) is 12.2. The smallest absolute Gasteiger partial charge is 0.307 e. The second-order valence-corrected chi connectivity index (χ2v) is 4.84. The fourth-order valence-corrected chi connectivity index (χ4v) is 1.98. The van der Waals surface area contributed by atoms with Gasteiger partial charge in [0.2, 0.25) is 0 Å². The minimum absolute atomic E-state index is 0.0625. The Labute approximate surface area is 132 Å². The molecule has 23 heavy (non-hydrogen) atoms. The van der Waals surface area contributed by atoms with Gasteiger partial charge in [-0.2, -0.15) is 0 Å². The van der Waals surface area contributed by atoms with Crippen LogP contribution < -0.4 is 16.4 Å². The van der Waals surface area contributed by atoms with Gasteiger partial charge in [0.1, 0.15) is 0 Å². The van der Waals surface area contributed by atoms with E-state index in [9.17, 15) is 9.59 Å². The number of anilines is 2. The van der Waals surface area contributed by atoms with Crippen molar-refractivity contribution in [2.24, 2.45) is 5.73 Å². The fraction of sp³-hybridized carbons (Fsp3) is 0.0625. The van der Waals surface area contributed by atoms with E-state index in [2.05, 4.69) is 10.6 Å². The van der Waals surface area contributed by atoms with E-state index in [1.165, 1.54) is 0 Å². The number of carbonyl (C=O) groups is 2. The number of rotatable bonds is 5. The molecule has 0 aliphatic heterocycles. The molecule has 0 spiro atoms. The molecule has 7 heteroatoms. The van der Waals surface area contributed by atoms with Gasteiger partial charge in [-0.1, -0.05) is 18.2 Å². The third-order valence-corrected chi connectivity index (χ3v) is 2.97. The monoisotopic (exact) mass is 312 g/mol. The highest BCUT2D eigenvalue weighted by Gasteiger charge is 2.08. The van der Waals surface area contributed by atoms with E-state index in [1.807, 2.05) is 0 Å². The van der Waals surface area contributed by atoms with E-state index in [-0.39, 0.29) is 18.3 Å². The van der Waals surface area contributed by atoms with Gasteiger partial charge >= 0.3 is 5.97 Å². The van der Waals surface area contributed by atoms with Crippen molar-refractivity contribution in [1.29, 1.82) is 5.41 Å². The van der Waals surface area contributed by atoms with Gasteiger partial charge in [0.25, 0.3) is 5.91 Å². The Balaban J connectivity index is 2.06. The van der Waals surface area contributed by atoms with Crippen LogP contribution in [0.4, 0.5) is 11.4 Å². The molecule has 0 fully saturated rings. The van der Waals surface area contributed by atoms with Crippen LogP contribution in [-0.2, 0) is 11.2 Å². The molecule has 2 aromatic rings. The summed E-state index contributed by atoms with van der Waals surface area (Å²) in [5.41, 5.74) is 7.42. The maximum atomic E-state index is 12.2. The van der Waals surface area contributed by atoms with Crippen molar-refractivity contribution in [3.05, 3.63) is 59.7 Å². The second-order valence-electron chi connectivity index (χ2n) is 4.84. The van der Waals surface area contributed by atoms with Crippen LogP contribution in [0.3, 0.4) is 0 Å². The van der Waals surface area contributed by atoms with Gasteiger partial charge in [-0.3, -0.25) is 15.0 Å². The van der Waals surface area contributed by atoms with Gasteiger partial charge in [0.05, 0.1) is 6.42 Å². The molecule has 0 aromatic heterocycles. The van der Waals surface area contributed by atoms with Crippen molar-refractivity contribution < 1.29 is 14.7 Å². The topological polar surface area (TPSA) is 128 Å². The molecule has 7 nitrogen and oxygen atoms in total. The number of aliphatic carboxylic acids is 1. The minimum atomic E-state index is -0.906. The summed E-state index contributed by atoms with van der Waals surface area (Å²) < 4.78 is 0. The quantitative estimate of drug-likeness (QED) is 0.425. The van der Waals surface area contributed by atoms with Crippen molar-refractivity contribution in [2.75, 3.05) is 10.6 Å². The number of nitrogens with two attached hydrogens (primary N) is 1. The molecule has 0 heterocycles. The van der Waals surface area contributed by atoms with Crippen LogP contribution in [0.15, 0.2) is 48.5 Å². The third kappa shape index (κ3) is 4.85. The Morgan fingerprint density at radius 3 is 2.35 bits per heavy atom. The zero-order chi connectivity index (χ0) is 16.8. The second kappa shape index (κ2) is 7.08. The van der Waals surface area contributed by atoms with E-state index in [0.717, 1.165) is 0 Å². The lowest BCUT2D eigenvalue weighted by atomic mass is 10.1. The Morgan fingerprint density at radius 1 is 1.04 bits per heavy atom. The number of hydrogen-bond acceptors (Lipinski definition) is 3. The average molecular weight is 312 g/mol. The molecular weight excluding hydrogens is 296 g/mol. The van der Waals surface area contributed by atoms with Gasteiger partial charge in [0, 0.05) is 16.9 Å². The first-order valence-electron chi connectivity index (χ1n) is 6.77. The first-order valence-corrected chi connectivity index (χ1v) is 6.77. The van der Waals surface area contributed by atoms with Crippen LogP contribution in [0.25, 0.3) is 0 Å². The van der Waals surface area contributed by atoms with E-state index >= 15 is 0 Å². The van der Waals surface area contributed by atoms with E-state index in [0.29, 0.717) is 22.5 Å². The molecule has 0 bridgehead atoms. The van der Waals surface area contributed by atoms with Gasteiger partial charge in [0.15, 0.2) is 5.96 Å². The van der Waals surface area contributed by atoms with Gasteiger partial charge in [-0.05, 0) is 35.9 Å². The lowest BCUT2D eigenvalue weighted by molar-refractivity contribution is -0.136. The summed E-state index contributed by atoms with van der Waals surface area (Å²) in [5, 5.41) is 21.2. The number of nitrogens with one attached hydrogen (secondary N) is 3. The summed E-state index contributed by atoms with van der Waals surface area (Å²) in [6.07, 6.45) is -0.0625. The third-order valence-electron chi connectivity index (χ3n) is 2.97. The molecule has 118 valence electrons. The fourth-order valence-electron chi connectivity index (χ4n) is 1.98. The predicted octanol–water partition coefficient (Wildman–Crippen LogP) is 1.87. The zero-order valence-electron chi connectivity index (χ0n) is 12.2. The Bertz CT molecular complexity index is 741. The molecule has 0 aliphatic carbocycles. The summed E-state index contributed by atoms with van der Waals surface area (Å²) >= 11 is 0. The molecule has 0 unspecified atom stereocenters. The molecule has 0 saturated heterocycles. The molecule has 0 atom stereocenters. The molecule has 1 amide bonds. The molecular formula is C16H16N4O3. The summed E-state index contributed by atoms with van der Waals surface area (Å²) in [4.78, 5) is 22.8. The highest BCUT2D eigenvalue weighted by Crippen LogP contribution is 2.14. The minimum Gasteiger partial charge on any atom is -0.481 e. The summed E-state index contributed by atoms with van der Waals surface area (Å²) in [6, 6.07) is 13.2. The predicted molar refractivity (Wildman–Crippen MR) is 87.7 cm³/mol. The normalized spacial score (nSPS) is 9.91. The summed E-state index contributed by atoms with van der Waals surface area (Å²) in [7, 11) is 0. The van der Waals surface area contributed by atoms with E-state index < -0.39 is 5.97 Å². The molecule has 0 radical (unpaired) electrons. The molecule has 0 saturated carbocycles. The first kappa shape index (κ1) is 16.0. The SMILES string of the molecule is N=C(N)Nc1cccc(C(=O)Nc2ccc(CC(=O)O)cc2)c1. The van der Waals surface area contributed by atoms with Gasteiger partial charge in [-0.15, -0.1) is 0 Å². The van der Waals surface area contributed by atoms with E-state index in [1.54, 1.807) is 48.5 Å². The molecule has 6 N–H and O–H groups in total. The highest BCUT2D eigenvalue weighted by molar-refractivity contribution is 6.05. The van der Waals surface area contributed by atoms with Crippen LogP contribution in [-0.4, -0.2) is 22.9 Å². The number of carbonyl (C=O) groups excluding carboxylic acids is 1. The average Bonchev–Trinajstić information content (AvgIpc) is 2.48. The number of hydrogen-bond donors (Lipinski definition) is 5. The van der Waals surface area contributed by atoms with Crippen LogP contribution in [0.5, 0.6) is 0 Å². The molecule has 2 rings (SSSR count). The maximum Gasteiger partial charge on any atom is 0.307 e. The van der Waals surface area contributed by atoms with Crippen molar-refractivity contribution in [2.45, 2.75) is 6.42 Å². The van der Waals surface area contributed by atoms with Gasteiger partial charge < -0.3 is 21.5 Å². The van der Waals surface area contributed by atoms with Gasteiger partial charge in [-0.25, -0.2) is 0 Å². The van der Waals surface area contributed by atoms with Crippen LogP contribution in [0, 0.1) is 5.41 Å². The van der Waals surface area contributed by atoms with Crippen molar-refractivity contribution in [1.82, 2.24) is 0 Å². The van der Waals surface area contributed by atoms with E-state index in [4.69, 9.17) is 16.2 Å². The van der Waals surface area contributed by atoms with Crippen molar-refractivity contribution in [3.63, 3.8) is 0 Å². The maximum absolute atomic E-state index is 12.2. The van der Waals surface area contributed by atoms with Crippen LogP contribution >= 0.6 is 0 Å². The Morgan fingerprint density at radius 2 is 1.74 bits per heavy atom. The number of benzene rings is 2. The van der Waals surface area contributed by atoms with Crippen molar-refractivity contribution in [3.8, 4) is 0 Å². The number of amides is 1. The summed E-state index contributed by atoms with van der Waals surface area (Å²) in [5.74, 6) is -1.43.